The summed E-state index contributed by atoms with van der Waals surface area (Å²) in [6, 6.07) is 32.4. The molecule has 5 aromatic rings. The number of hydrogen-bond donors (Lipinski definition) is 0. The Bertz CT molecular complexity index is 1960. The van der Waals surface area contributed by atoms with Crippen molar-refractivity contribution in [3.63, 3.8) is 0 Å². The van der Waals surface area contributed by atoms with Crippen molar-refractivity contribution in [2.75, 3.05) is 13.2 Å². The maximum absolute atomic E-state index is 12.5. The molecule has 0 fully saturated rings. The summed E-state index contributed by atoms with van der Waals surface area (Å²) in [4.78, 5) is 25.0. The molecule has 49 heavy (non-hydrogen) atoms. The first-order valence-electron chi connectivity index (χ1n) is 15.7. The SMILES string of the molecule is C=C(C)C(=O)OC(CCOc1ccc(Br)cc1OCCC(OC(=O)C(=C)C)Oc1cccc2ccccc12)Oc1cccc2ccccc12. The minimum absolute atomic E-state index is 0.134. The van der Waals surface area contributed by atoms with Gasteiger partial charge in [-0.1, -0.05) is 102 Å². The zero-order chi connectivity index (χ0) is 34.8. The highest BCUT2D eigenvalue weighted by atomic mass is 79.9. The number of halogens is 1. The summed E-state index contributed by atoms with van der Waals surface area (Å²) in [5.41, 5.74) is 0.513. The molecule has 0 aliphatic carbocycles. The largest absolute Gasteiger partial charge is 0.489 e. The van der Waals surface area contributed by atoms with Gasteiger partial charge >= 0.3 is 11.9 Å². The molecule has 0 spiro atoms. The Balaban J connectivity index is 1.25. The molecule has 0 radical (unpaired) electrons. The first-order chi connectivity index (χ1) is 23.7. The molecule has 0 saturated carbocycles. The number of benzene rings is 5. The molecule has 2 unspecified atom stereocenters. The monoisotopic (exact) mass is 724 g/mol. The van der Waals surface area contributed by atoms with Gasteiger partial charge < -0.3 is 28.4 Å². The van der Waals surface area contributed by atoms with Crippen LogP contribution in [0.4, 0.5) is 0 Å². The number of carbonyl (C=O) groups excluding carboxylic acids is 2. The van der Waals surface area contributed by atoms with E-state index in [1.54, 1.807) is 26.0 Å². The molecule has 0 N–H and O–H groups in total. The van der Waals surface area contributed by atoms with E-state index >= 15 is 0 Å². The highest BCUT2D eigenvalue weighted by Gasteiger charge is 2.21. The van der Waals surface area contributed by atoms with E-state index in [2.05, 4.69) is 29.1 Å². The summed E-state index contributed by atoms with van der Waals surface area (Å²) in [6.45, 7) is 10.8. The third-order valence-corrected chi connectivity index (χ3v) is 7.81. The molecule has 0 amide bonds. The van der Waals surface area contributed by atoms with Crippen molar-refractivity contribution < 1.29 is 38.0 Å². The molecule has 8 nitrogen and oxygen atoms in total. The molecule has 0 saturated heterocycles. The van der Waals surface area contributed by atoms with Gasteiger partial charge in [0.15, 0.2) is 11.5 Å². The van der Waals surface area contributed by atoms with Gasteiger partial charge in [-0.25, -0.2) is 9.59 Å². The van der Waals surface area contributed by atoms with Gasteiger partial charge in [0, 0.05) is 26.4 Å². The number of ether oxygens (including phenoxy) is 6. The van der Waals surface area contributed by atoms with Gasteiger partial charge in [0.05, 0.1) is 26.1 Å². The Morgan fingerprint density at radius 2 is 1.04 bits per heavy atom. The normalized spacial score (nSPS) is 12.1. The predicted octanol–water partition coefficient (Wildman–Crippen LogP) is 9.34. The van der Waals surface area contributed by atoms with Crippen LogP contribution in [0.3, 0.4) is 0 Å². The van der Waals surface area contributed by atoms with Crippen LogP contribution in [0, 0.1) is 0 Å². The smallest absolute Gasteiger partial charge is 0.336 e. The molecule has 9 heteroatoms. The summed E-state index contributed by atoms with van der Waals surface area (Å²) >= 11 is 3.50. The zero-order valence-corrected chi connectivity index (χ0v) is 28.9. The van der Waals surface area contributed by atoms with Crippen molar-refractivity contribution in [1.82, 2.24) is 0 Å². The van der Waals surface area contributed by atoms with E-state index in [9.17, 15) is 9.59 Å². The third-order valence-electron chi connectivity index (χ3n) is 7.32. The van der Waals surface area contributed by atoms with Crippen molar-refractivity contribution in [3.8, 4) is 23.0 Å². The maximum Gasteiger partial charge on any atom is 0.336 e. The maximum atomic E-state index is 12.5. The van der Waals surface area contributed by atoms with Gasteiger partial charge in [-0.3, -0.25) is 0 Å². The summed E-state index contributed by atoms with van der Waals surface area (Å²) in [7, 11) is 0. The Labute approximate surface area is 294 Å². The van der Waals surface area contributed by atoms with Crippen molar-refractivity contribution in [2.24, 2.45) is 0 Å². The average molecular weight is 726 g/mol. The van der Waals surface area contributed by atoms with Crippen LogP contribution in [0.25, 0.3) is 21.5 Å². The molecule has 5 aromatic carbocycles. The van der Waals surface area contributed by atoms with Crippen LogP contribution in [0.15, 0.2) is 132 Å². The zero-order valence-electron chi connectivity index (χ0n) is 27.4. The molecular weight excluding hydrogens is 688 g/mol. The molecule has 0 heterocycles. The minimum atomic E-state index is -0.943. The number of carbonyl (C=O) groups is 2. The van der Waals surface area contributed by atoms with Crippen molar-refractivity contribution in [3.05, 3.63) is 132 Å². The fourth-order valence-corrected chi connectivity index (χ4v) is 5.19. The Morgan fingerprint density at radius 1 is 0.592 bits per heavy atom. The molecule has 252 valence electrons. The molecule has 0 aliphatic rings. The van der Waals surface area contributed by atoms with Gasteiger partial charge in [0.1, 0.15) is 11.5 Å². The summed E-state index contributed by atoms with van der Waals surface area (Å²) in [5, 5.41) is 3.78. The van der Waals surface area contributed by atoms with Crippen LogP contribution in [0.2, 0.25) is 0 Å². The molecule has 0 aromatic heterocycles. The summed E-state index contributed by atoms with van der Waals surface area (Å²) in [5.74, 6) is 0.947. The van der Waals surface area contributed by atoms with Crippen molar-refractivity contribution in [2.45, 2.75) is 39.3 Å². The second-order valence-corrected chi connectivity index (χ2v) is 12.2. The first kappa shape index (κ1) is 35.0. The fraction of sp³-hybridized carbons (Fsp3) is 0.200. The van der Waals surface area contributed by atoms with E-state index in [0.717, 1.165) is 26.0 Å². The molecule has 5 rings (SSSR count). The standard InChI is InChI=1S/C40H37BrO8/c1-26(2)39(42)48-37(46-33-17-9-13-28-11-5-7-15-31(28)33)21-23-44-35-20-19-30(41)25-36(35)45-24-22-38(49-40(43)27(3)4)47-34-18-10-14-29-12-6-8-16-32(29)34/h5-20,25,37-38H,1,3,21-24H2,2,4H3. The van der Waals surface area contributed by atoms with Crippen LogP contribution in [-0.4, -0.2) is 37.7 Å². The first-order valence-corrected chi connectivity index (χ1v) is 16.5. The van der Waals surface area contributed by atoms with Crippen LogP contribution in [-0.2, 0) is 19.1 Å². The van der Waals surface area contributed by atoms with E-state index in [1.807, 2.05) is 91.0 Å². The van der Waals surface area contributed by atoms with Gasteiger partial charge in [0.2, 0.25) is 12.6 Å². The Hall–Kier alpha value is -5.28. The second kappa shape index (κ2) is 16.7. The fourth-order valence-electron chi connectivity index (χ4n) is 4.85. The number of hydrogen-bond acceptors (Lipinski definition) is 8. The van der Waals surface area contributed by atoms with Crippen LogP contribution < -0.4 is 18.9 Å². The van der Waals surface area contributed by atoms with Crippen molar-refractivity contribution in [1.29, 1.82) is 0 Å². The van der Waals surface area contributed by atoms with Crippen LogP contribution >= 0.6 is 15.9 Å². The van der Waals surface area contributed by atoms with E-state index < -0.39 is 24.5 Å². The second-order valence-electron chi connectivity index (χ2n) is 11.3. The van der Waals surface area contributed by atoms with Crippen molar-refractivity contribution >= 4 is 49.4 Å². The van der Waals surface area contributed by atoms with E-state index in [1.165, 1.54) is 0 Å². The van der Waals surface area contributed by atoms with Gasteiger partial charge in [-0.2, -0.15) is 0 Å². The highest BCUT2D eigenvalue weighted by Crippen LogP contribution is 2.32. The topological polar surface area (TPSA) is 89.5 Å². The number of fused-ring (bicyclic) bond motifs is 2. The molecule has 0 aliphatic heterocycles. The lowest BCUT2D eigenvalue weighted by Crippen LogP contribution is -2.27. The van der Waals surface area contributed by atoms with E-state index in [-0.39, 0.29) is 37.2 Å². The third kappa shape index (κ3) is 9.64. The summed E-state index contributed by atoms with van der Waals surface area (Å²) in [6.07, 6.45) is -1.45. The lowest BCUT2D eigenvalue weighted by atomic mass is 10.1. The average Bonchev–Trinajstić information content (AvgIpc) is 3.09. The highest BCUT2D eigenvalue weighted by molar-refractivity contribution is 9.10. The predicted molar refractivity (Wildman–Crippen MR) is 193 cm³/mol. The van der Waals surface area contributed by atoms with Crippen LogP contribution in [0.1, 0.15) is 26.7 Å². The van der Waals surface area contributed by atoms with E-state index in [4.69, 9.17) is 28.4 Å². The lowest BCUT2D eigenvalue weighted by molar-refractivity contribution is -0.161. The Morgan fingerprint density at radius 3 is 1.53 bits per heavy atom. The van der Waals surface area contributed by atoms with E-state index in [0.29, 0.717) is 23.0 Å². The molecular formula is C40H37BrO8. The quantitative estimate of drug-likeness (QED) is 0.0565. The van der Waals surface area contributed by atoms with Gasteiger partial charge in [0.25, 0.3) is 0 Å². The number of esters is 2. The van der Waals surface area contributed by atoms with Crippen LogP contribution in [0.5, 0.6) is 23.0 Å². The molecule has 2 atom stereocenters. The minimum Gasteiger partial charge on any atom is -0.489 e. The Kier molecular flexibility index (Phi) is 11.9. The summed E-state index contributed by atoms with van der Waals surface area (Å²) < 4.78 is 36.7. The van der Waals surface area contributed by atoms with Gasteiger partial charge in [-0.15, -0.1) is 0 Å². The lowest BCUT2D eigenvalue weighted by Gasteiger charge is -2.22. The van der Waals surface area contributed by atoms with Gasteiger partial charge in [-0.05, 0) is 55.0 Å². The molecule has 0 bridgehead atoms. The number of rotatable bonds is 16.